The van der Waals surface area contributed by atoms with E-state index in [-0.39, 0.29) is 0 Å². The van der Waals surface area contributed by atoms with Crippen molar-refractivity contribution < 1.29 is 13.6 Å². The summed E-state index contributed by atoms with van der Waals surface area (Å²) in [6, 6.07) is 22.9. The molecule has 0 spiro atoms. The molecule has 0 bridgehead atoms. The van der Waals surface area contributed by atoms with Crippen LogP contribution in [0.2, 0.25) is 0 Å². The lowest BCUT2D eigenvalue weighted by atomic mass is 10.1. The van der Waals surface area contributed by atoms with Crippen LogP contribution in [0.5, 0.6) is 5.75 Å². The first-order valence-corrected chi connectivity index (χ1v) is 10.3. The van der Waals surface area contributed by atoms with E-state index in [0.29, 0.717) is 23.6 Å². The molecule has 7 heteroatoms. The van der Waals surface area contributed by atoms with Crippen LogP contribution in [-0.2, 0) is 0 Å². The number of allylic oxidation sites excluding steroid dienone is 1. The average Bonchev–Trinajstić information content (AvgIpc) is 3.55. The molecule has 3 aromatic carbocycles. The Bertz CT molecular complexity index is 1420. The van der Waals surface area contributed by atoms with E-state index < -0.39 is 0 Å². The summed E-state index contributed by atoms with van der Waals surface area (Å²) in [5.74, 6) is 2.46. The van der Waals surface area contributed by atoms with Crippen molar-refractivity contribution >= 4 is 5.57 Å². The van der Waals surface area contributed by atoms with E-state index in [1.165, 1.54) is 0 Å². The summed E-state index contributed by atoms with van der Waals surface area (Å²) < 4.78 is 17.0. The van der Waals surface area contributed by atoms with Gasteiger partial charge in [-0.2, -0.15) is 0 Å². The highest BCUT2D eigenvalue weighted by atomic mass is 16.5. The van der Waals surface area contributed by atoms with Crippen LogP contribution in [0.1, 0.15) is 12.5 Å². The second-order valence-corrected chi connectivity index (χ2v) is 7.49. The summed E-state index contributed by atoms with van der Waals surface area (Å²) in [5, 5.41) is 16.7. The highest BCUT2D eigenvalue weighted by molar-refractivity contribution is 5.66. The van der Waals surface area contributed by atoms with Gasteiger partial charge >= 0.3 is 0 Å². The van der Waals surface area contributed by atoms with Crippen molar-refractivity contribution in [2.24, 2.45) is 0 Å². The minimum atomic E-state index is 0.420. The van der Waals surface area contributed by atoms with Crippen LogP contribution < -0.4 is 4.74 Å². The number of rotatable bonds is 6. The van der Waals surface area contributed by atoms with Crippen molar-refractivity contribution in [1.29, 1.82) is 0 Å². The molecule has 0 aliphatic carbocycles. The van der Waals surface area contributed by atoms with Crippen molar-refractivity contribution in [3.8, 4) is 51.6 Å². The van der Waals surface area contributed by atoms with E-state index in [4.69, 9.17) is 13.6 Å². The quantitative estimate of drug-likeness (QED) is 0.315. The maximum absolute atomic E-state index is 5.88. The lowest BCUT2D eigenvalue weighted by Crippen LogP contribution is -1.83. The molecule has 0 saturated heterocycles. The normalized spacial score (nSPS) is 10.8. The Hall–Kier alpha value is -4.52. The Balaban J connectivity index is 1.35. The van der Waals surface area contributed by atoms with Gasteiger partial charge in [0.2, 0.25) is 23.6 Å². The maximum atomic E-state index is 5.88. The molecule has 0 aliphatic rings. The van der Waals surface area contributed by atoms with Crippen molar-refractivity contribution in [3.05, 3.63) is 84.9 Å². The molecule has 0 unspecified atom stereocenters. The summed E-state index contributed by atoms with van der Waals surface area (Å²) in [6.45, 7) is 5.92. The number of methoxy groups -OCH3 is 1. The molecule has 0 atom stereocenters. The van der Waals surface area contributed by atoms with E-state index >= 15 is 0 Å². The zero-order valence-corrected chi connectivity index (χ0v) is 18.1. The summed E-state index contributed by atoms with van der Waals surface area (Å²) in [4.78, 5) is 0. The molecule has 5 aromatic rings. The minimum Gasteiger partial charge on any atom is -0.497 e. The second-order valence-electron chi connectivity index (χ2n) is 7.49. The van der Waals surface area contributed by atoms with Crippen LogP contribution in [0.25, 0.3) is 51.4 Å². The summed E-state index contributed by atoms with van der Waals surface area (Å²) in [6.07, 6.45) is 0. The van der Waals surface area contributed by atoms with E-state index in [9.17, 15) is 0 Å². The number of aromatic nitrogens is 4. The Morgan fingerprint density at radius 2 is 1.12 bits per heavy atom. The lowest BCUT2D eigenvalue weighted by Gasteiger charge is -2.01. The van der Waals surface area contributed by atoms with Gasteiger partial charge in [-0.1, -0.05) is 30.4 Å². The first kappa shape index (κ1) is 20.4. The minimum absolute atomic E-state index is 0.420. The third kappa shape index (κ3) is 4.16. The number of ether oxygens (including phenoxy) is 1. The Morgan fingerprint density at radius 3 is 1.58 bits per heavy atom. The fraction of sp³-hybridized carbons (Fsp3) is 0.0769. The smallest absolute Gasteiger partial charge is 0.248 e. The SMILES string of the molecule is C=C(C)c1ccc(-c2nnc(-c3ccc(-c4nnc(-c5cccc(OC)c5)o4)cc3)o2)cc1. The monoisotopic (exact) mass is 436 g/mol. The van der Waals surface area contributed by atoms with Gasteiger partial charge in [-0.05, 0) is 67.1 Å². The van der Waals surface area contributed by atoms with Crippen molar-refractivity contribution in [1.82, 2.24) is 20.4 Å². The number of benzene rings is 3. The molecule has 5 rings (SSSR count). The van der Waals surface area contributed by atoms with Crippen LogP contribution in [0.4, 0.5) is 0 Å². The maximum Gasteiger partial charge on any atom is 0.248 e. The predicted octanol–water partition coefficient (Wildman–Crippen LogP) is 6.16. The van der Waals surface area contributed by atoms with Gasteiger partial charge in [0, 0.05) is 22.3 Å². The Morgan fingerprint density at radius 1 is 0.667 bits per heavy atom. The van der Waals surface area contributed by atoms with Crippen LogP contribution in [0, 0.1) is 0 Å². The van der Waals surface area contributed by atoms with Gasteiger partial charge < -0.3 is 13.6 Å². The molecular formula is C26H20N4O3. The van der Waals surface area contributed by atoms with Gasteiger partial charge in [-0.3, -0.25) is 0 Å². The molecular weight excluding hydrogens is 416 g/mol. The molecule has 0 N–H and O–H groups in total. The van der Waals surface area contributed by atoms with Crippen molar-refractivity contribution in [3.63, 3.8) is 0 Å². The fourth-order valence-corrected chi connectivity index (χ4v) is 3.32. The zero-order chi connectivity index (χ0) is 22.8. The first-order chi connectivity index (χ1) is 16.1. The standard InChI is InChI=1S/C26H20N4O3/c1-16(2)17-7-9-18(10-8-17)23-27-28-24(32-23)19-11-13-20(14-12-19)25-29-30-26(33-25)21-5-4-6-22(15-21)31-3/h4-15H,1H2,2-3H3. The molecule has 162 valence electrons. The molecule has 0 radical (unpaired) electrons. The summed E-state index contributed by atoms with van der Waals surface area (Å²) in [7, 11) is 1.62. The van der Waals surface area contributed by atoms with Gasteiger partial charge in [0.05, 0.1) is 7.11 Å². The van der Waals surface area contributed by atoms with E-state index in [1.807, 2.05) is 79.7 Å². The van der Waals surface area contributed by atoms with Crippen molar-refractivity contribution in [2.45, 2.75) is 6.92 Å². The second kappa shape index (κ2) is 8.55. The molecule has 0 aliphatic heterocycles. The highest BCUT2D eigenvalue weighted by Crippen LogP contribution is 2.29. The van der Waals surface area contributed by atoms with Crippen LogP contribution in [-0.4, -0.2) is 27.5 Å². The van der Waals surface area contributed by atoms with Gasteiger partial charge in [0.1, 0.15) is 5.75 Å². The highest BCUT2D eigenvalue weighted by Gasteiger charge is 2.14. The fourth-order valence-electron chi connectivity index (χ4n) is 3.32. The van der Waals surface area contributed by atoms with Gasteiger partial charge in [0.15, 0.2) is 0 Å². The van der Waals surface area contributed by atoms with Gasteiger partial charge in [-0.15, -0.1) is 20.4 Å². The van der Waals surface area contributed by atoms with Gasteiger partial charge in [0.25, 0.3) is 0 Å². The molecule has 7 nitrogen and oxygen atoms in total. The summed E-state index contributed by atoms with van der Waals surface area (Å²) in [5.41, 5.74) is 5.30. The van der Waals surface area contributed by atoms with E-state index in [0.717, 1.165) is 39.1 Å². The number of hydrogen-bond acceptors (Lipinski definition) is 7. The van der Waals surface area contributed by atoms with E-state index in [2.05, 4.69) is 27.0 Å². The molecule has 0 amide bonds. The van der Waals surface area contributed by atoms with Crippen LogP contribution in [0.3, 0.4) is 0 Å². The molecule has 33 heavy (non-hydrogen) atoms. The first-order valence-electron chi connectivity index (χ1n) is 10.3. The average molecular weight is 436 g/mol. The predicted molar refractivity (Wildman–Crippen MR) is 125 cm³/mol. The Labute approximate surface area is 190 Å². The van der Waals surface area contributed by atoms with Crippen LogP contribution in [0.15, 0.2) is 88.2 Å². The topological polar surface area (TPSA) is 87.1 Å². The van der Waals surface area contributed by atoms with Crippen LogP contribution >= 0.6 is 0 Å². The zero-order valence-electron chi connectivity index (χ0n) is 18.1. The number of hydrogen-bond donors (Lipinski definition) is 0. The Kier molecular flexibility index (Phi) is 5.28. The number of nitrogens with zero attached hydrogens (tertiary/aromatic N) is 4. The third-order valence-corrected chi connectivity index (χ3v) is 5.17. The molecule has 0 fully saturated rings. The van der Waals surface area contributed by atoms with Gasteiger partial charge in [-0.25, -0.2) is 0 Å². The summed E-state index contributed by atoms with van der Waals surface area (Å²) >= 11 is 0. The van der Waals surface area contributed by atoms with Crippen molar-refractivity contribution in [2.75, 3.05) is 7.11 Å². The largest absolute Gasteiger partial charge is 0.497 e. The molecule has 2 heterocycles. The van der Waals surface area contributed by atoms with E-state index in [1.54, 1.807) is 7.11 Å². The third-order valence-electron chi connectivity index (χ3n) is 5.17. The molecule has 0 saturated carbocycles. The molecule has 2 aromatic heterocycles. The lowest BCUT2D eigenvalue weighted by molar-refractivity contribution is 0.415.